The van der Waals surface area contributed by atoms with Gasteiger partial charge in [0.15, 0.2) is 0 Å². The highest BCUT2D eigenvalue weighted by molar-refractivity contribution is 9.10. The van der Waals surface area contributed by atoms with Gasteiger partial charge in [0.2, 0.25) is 5.91 Å². The topological polar surface area (TPSA) is 69.6 Å². The summed E-state index contributed by atoms with van der Waals surface area (Å²) in [5.41, 5.74) is 5.39. The van der Waals surface area contributed by atoms with Gasteiger partial charge in [0, 0.05) is 21.6 Å². The van der Waals surface area contributed by atoms with Crippen LogP contribution in [0.2, 0.25) is 0 Å². The summed E-state index contributed by atoms with van der Waals surface area (Å²) in [6.07, 6.45) is 3.68. The molecule has 31 heavy (non-hydrogen) atoms. The molecule has 2 aliphatic carbocycles. The molecule has 1 aliphatic heterocycles. The number of hydrogen-bond donors (Lipinski definition) is 2. The Morgan fingerprint density at radius 1 is 1.06 bits per heavy atom. The van der Waals surface area contributed by atoms with Gasteiger partial charge in [0.25, 0.3) is 0 Å². The van der Waals surface area contributed by atoms with Crippen molar-refractivity contribution >= 4 is 33.6 Å². The predicted octanol–water partition coefficient (Wildman–Crippen LogP) is 6.01. The van der Waals surface area contributed by atoms with Crippen LogP contribution in [-0.2, 0) is 10.2 Å². The van der Waals surface area contributed by atoms with Crippen LogP contribution in [0.1, 0.15) is 57.1 Å². The molecule has 2 unspecified atom stereocenters. The number of carboxylic acid groups (broad SMARTS) is 1. The maximum absolute atomic E-state index is 13.2. The molecular weight excluding hydrogens is 456 g/mol. The molecule has 2 fully saturated rings. The lowest BCUT2D eigenvalue weighted by molar-refractivity contribution is -0.120. The molecule has 0 aromatic heterocycles. The van der Waals surface area contributed by atoms with Gasteiger partial charge in [-0.15, -0.1) is 0 Å². The Labute approximate surface area is 191 Å². The average Bonchev–Trinajstić information content (AvgIpc) is 3.22. The first-order valence-corrected chi connectivity index (χ1v) is 11.8. The number of anilines is 1. The number of halogens is 1. The molecule has 1 saturated carbocycles. The number of nitrogens with one attached hydrogen (secondary N) is 1. The van der Waals surface area contributed by atoms with Crippen molar-refractivity contribution in [3.05, 3.63) is 52.0 Å². The molecule has 2 amide bonds. The molecule has 5 rings (SSSR count). The maximum atomic E-state index is 13.2. The number of carbonyl (C=O) groups excluding carboxylic acids is 1. The van der Waals surface area contributed by atoms with E-state index in [1.165, 1.54) is 27.2 Å². The van der Waals surface area contributed by atoms with E-state index < -0.39 is 12.1 Å². The van der Waals surface area contributed by atoms with Gasteiger partial charge in [-0.3, -0.25) is 9.69 Å². The second-order valence-corrected chi connectivity index (χ2v) is 10.5. The van der Waals surface area contributed by atoms with Gasteiger partial charge in [0.1, 0.15) is 6.04 Å². The normalized spacial score (nSPS) is 25.5. The lowest BCUT2D eigenvalue weighted by Gasteiger charge is -2.31. The minimum atomic E-state index is -0.981. The monoisotopic (exact) mass is 482 g/mol. The summed E-state index contributed by atoms with van der Waals surface area (Å²) in [5, 5.41) is 12.8. The van der Waals surface area contributed by atoms with Gasteiger partial charge in [-0.25, -0.2) is 4.79 Å². The first kappa shape index (κ1) is 20.6. The highest BCUT2D eigenvalue weighted by Crippen LogP contribution is 2.50. The third-order valence-electron chi connectivity index (χ3n) is 7.52. The maximum Gasteiger partial charge on any atom is 0.408 e. The number of hydrogen-bond acceptors (Lipinski definition) is 2. The van der Waals surface area contributed by atoms with Crippen LogP contribution in [0.4, 0.5) is 10.5 Å². The lowest BCUT2D eigenvalue weighted by Crippen LogP contribution is -2.47. The standard InChI is InChI=1S/C25H27BrN2O3/c1-25(2)19-12-15(26)7-9-17(19)18-10-8-16(13-20(18)25)27-23(29)22-11-14-5-3-4-6-21(14)28(22)24(30)31/h7-10,12-14,21-22H,3-6,11H2,1-2H3,(H,27,29)(H,30,31)/t14?,21-,22?/m0/s1. The summed E-state index contributed by atoms with van der Waals surface area (Å²) in [5.74, 6) is 0.0836. The van der Waals surface area contributed by atoms with Gasteiger partial charge in [-0.05, 0) is 71.7 Å². The minimum Gasteiger partial charge on any atom is -0.465 e. The van der Waals surface area contributed by atoms with Crippen molar-refractivity contribution in [3.63, 3.8) is 0 Å². The fraction of sp³-hybridized carbons (Fsp3) is 0.440. The van der Waals surface area contributed by atoms with Crippen LogP contribution in [0.15, 0.2) is 40.9 Å². The Morgan fingerprint density at radius 3 is 2.48 bits per heavy atom. The molecule has 3 atom stereocenters. The van der Waals surface area contributed by atoms with Crippen LogP contribution in [0, 0.1) is 5.92 Å². The molecule has 0 radical (unpaired) electrons. The van der Waals surface area contributed by atoms with Crippen molar-refractivity contribution in [2.75, 3.05) is 5.32 Å². The van der Waals surface area contributed by atoms with Crippen molar-refractivity contribution in [1.29, 1.82) is 0 Å². The summed E-state index contributed by atoms with van der Waals surface area (Å²) in [7, 11) is 0. The number of carbonyl (C=O) groups is 2. The van der Waals surface area contributed by atoms with Gasteiger partial charge < -0.3 is 10.4 Å². The SMILES string of the molecule is CC1(C)c2cc(Br)ccc2-c2ccc(NC(=O)C3CC4CCCC[C@@H]4N3C(=O)O)cc21. The molecule has 3 aliphatic rings. The van der Waals surface area contributed by atoms with Crippen molar-refractivity contribution < 1.29 is 14.7 Å². The number of benzene rings is 2. The zero-order valence-corrected chi connectivity index (χ0v) is 19.4. The molecule has 0 bridgehead atoms. The Balaban J connectivity index is 1.42. The average molecular weight is 483 g/mol. The fourth-order valence-electron chi connectivity index (χ4n) is 5.98. The van der Waals surface area contributed by atoms with E-state index in [1.54, 1.807) is 0 Å². The van der Waals surface area contributed by atoms with Gasteiger partial charge in [-0.2, -0.15) is 0 Å². The smallest absolute Gasteiger partial charge is 0.408 e. The van der Waals surface area contributed by atoms with Crippen LogP contribution in [0.5, 0.6) is 0 Å². The number of amides is 2. The molecule has 162 valence electrons. The van der Waals surface area contributed by atoms with E-state index in [1.807, 2.05) is 12.1 Å². The van der Waals surface area contributed by atoms with Crippen molar-refractivity contribution in [2.45, 2.75) is 63.5 Å². The first-order valence-electron chi connectivity index (χ1n) is 11.0. The molecule has 0 spiro atoms. The Bertz CT molecular complexity index is 1080. The van der Waals surface area contributed by atoms with E-state index in [2.05, 4.69) is 59.4 Å². The van der Waals surface area contributed by atoms with Gasteiger partial charge in [-0.1, -0.05) is 54.8 Å². The van der Waals surface area contributed by atoms with E-state index in [-0.39, 0.29) is 17.4 Å². The van der Waals surface area contributed by atoms with Crippen LogP contribution in [0.3, 0.4) is 0 Å². The van der Waals surface area contributed by atoms with Crippen LogP contribution < -0.4 is 5.32 Å². The van der Waals surface area contributed by atoms with Crippen LogP contribution in [0.25, 0.3) is 11.1 Å². The lowest BCUT2D eigenvalue weighted by atomic mass is 9.82. The molecule has 2 aromatic rings. The molecule has 5 nitrogen and oxygen atoms in total. The molecule has 2 N–H and O–H groups in total. The number of nitrogens with zero attached hydrogens (tertiary/aromatic N) is 1. The largest absolute Gasteiger partial charge is 0.465 e. The second kappa shape index (κ2) is 7.37. The highest BCUT2D eigenvalue weighted by Gasteiger charge is 2.47. The fourth-order valence-corrected chi connectivity index (χ4v) is 6.34. The minimum absolute atomic E-state index is 0.0195. The predicted molar refractivity (Wildman–Crippen MR) is 124 cm³/mol. The number of rotatable bonds is 2. The second-order valence-electron chi connectivity index (χ2n) is 9.62. The molecule has 2 aromatic carbocycles. The van der Waals surface area contributed by atoms with Crippen molar-refractivity contribution in [2.24, 2.45) is 5.92 Å². The number of likely N-dealkylation sites (tertiary alicyclic amines) is 1. The quantitative estimate of drug-likeness (QED) is 0.550. The van der Waals surface area contributed by atoms with Crippen molar-refractivity contribution in [3.8, 4) is 11.1 Å². The Kier molecular flexibility index (Phi) is 4.88. The third kappa shape index (κ3) is 3.27. The van der Waals surface area contributed by atoms with Crippen molar-refractivity contribution in [1.82, 2.24) is 4.90 Å². The summed E-state index contributed by atoms with van der Waals surface area (Å²) in [6, 6.07) is 11.8. The van der Waals surface area contributed by atoms with E-state index in [4.69, 9.17) is 0 Å². The van der Waals surface area contributed by atoms with E-state index in [0.717, 1.165) is 35.8 Å². The van der Waals surface area contributed by atoms with Gasteiger partial charge in [0.05, 0.1) is 0 Å². The van der Waals surface area contributed by atoms with Crippen LogP contribution >= 0.6 is 15.9 Å². The summed E-state index contributed by atoms with van der Waals surface area (Å²) >= 11 is 3.58. The summed E-state index contributed by atoms with van der Waals surface area (Å²) in [6.45, 7) is 4.40. The Hall–Kier alpha value is -2.34. The molecular formula is C25H27BrN2O3. The van der Waals surface area contributed by atoms with Crippen LogP contribution in [-0.4, -0.2) is 34.1 Å². The highest BCUT2D eigenvalue weighted by atomic mass is 79.9. The van der Waals surface area contributed by atoms with Gasteiger partial charge >= 0.3 is 6.09 Å². The first-order chi connectivity index (χ1) is 14.8. The zero-order chi connectivity index (χ0) is 21.9. The Morgan fingerprint density at radius 2 is 1.74 bits per heavy atom. The van der Waals surface area contributed by atoms with E-state index in [0.29, 0.717) is 12.3 Å². The van der Waals surface area contributed by atoms with E-state index >= 15 is 0 Å². The number of fused-ring (bicyclic) bond motifs is 4. The molecule has 6 heteroatoms. The summed E-state index contributed by atoms with van der Waals surface area (Å²) < 4.78 is 1.05. The van der Waals surface area contributed by atoms with E-state index in [9.17, 15) is 14.7 Å². The summed E-state index contributed by atoms with van der Waals surface area (Å²) in [4.78, 5) is 26.6. The zero-order valence-electron chi connectivity index (χ0n) is 17.8. The molecule has 1 saturated heterocycles. The third-order valence-corrected chi connectivity index (χ3v) is 8.01. The molecule has 1 heterocycles.